The predicted molar refractivity (Wildman–Crippen MR) is 41.4 cm³/mol. The maximum Gasteiger partial charge on any atom is -0.0197 e. The molecule has 0 aromatic carbocycles. The number of hydrogen-bond acceptors (Lipinski definition) is 0. The zero-order valence-electron chi connectivity index (χ0n) is 6.48. The zero-order valence-corrected chi connectivity index (χ0v) is 6.48. The van der Waals surface area contributed by atoms with Gasteiger partial charge in [0, 0.05) is 0 Å². The highest BCUT2D eigenvalue weighted by atomic mass is 14.2. The summed E-state index contributed by atoms with van der Waals surface area (Å²) in [5, 5.41) is 0. The third kappa shape index (κ3) is 1.57. The van der Waals surface area contributed by atoms with Crippen molar-refractivity contribution >= 4 is 0 Å². The Morgan fingerprint density at radius 3 is 2.78 bits per heavy atom. The van der Waals surface area contributed by atoms with E-state index in [9.17, 15) is 0 Å². The van der Waals surface area contributed by atoms with Gasteiger partial charge >= 0.3 is 0 Å². The number of allylic oxidation sites excluding steroid dienone is 2. The topological polar surface area (TPSA) is 0 Å². The van der Waals surface area contributed by atoms with Crippen molar-refractivity contribution in [3.8, 4) is 0 Å². The quantitative estimate of drug-likeness (QED) is 0.507. The van der Waals surface area contributed by atoms with E-state index in [-0.39, 0.29) is 0 Å². The van der Waals surface area contributed by atoms with E-state index in [0.29, 0.717) is 0 Å². The average Bonchev–Trinajstić information content (AvgIpc) is 1.86. The van der Waals surface area contributed by atoms with E-state index in [0.717, 1.165) is 5.92 Å². The van der Waals surface area contributed by atoms with Crippen molar-refractivity contribution in [3.63, 3.8) is 0 Å². The molecular formula is C9H16. The first kappa shape index (κ1) is 6.85. The van der Waals surface area contributed by atoms with Crippen molar-refractivity contribution in [1.82, 2.24) is 0 Å². The molecular weight excluding hydrogens is 108 g/mol. The van der Waals surface area contributed by atoms with Crippen molar-refractivity contribution in [2.45, 2.75) is 39.5 Å². The van der Waals surface area contributed by atoms with Gasteiger partial charge in [0.1, 0.15) is 0 Å². The fraction of sp³-hybridized carbons (Fsp3) is 0.778. The fourth-order valence-corrected chi connectivity index (χ4v) is 1.25. The van der Waals surface area contributed by atoms with Gasteiger partial charge in [0.25, 0.3) is 0 Å². The maximum atomic E-state index is 2.39. The van der Waals surface area contributed by atoms with E-state index in [1.54, 1.807) is 5.57 Å². The van der Waals surface area contributed by atoms with Crippen LogP contribution >= 0.6 is 0 Å². The minimum Gasteiger partial charge on any atom is -0.0845 e. The average molecular weight is 124 g/mol. The smallest absolute Gasteiger partial charge is 0.0197 e. The Labute approximate surface area is 58.0 Å². The number of unbranched alkanes of at least 4 members (excludes halogenated alkanes) is 1. The molecule has 1 rings (SSSR count). The molecule has 0 N–H and O–H groups in total. The molecule has 1 atom stereocenters. The Kier molecular flexibility index (Phi) is 2.32. The molecule has 9 heavy (non-hydrogen) atoms. The molecule has 0 aromatic heterocycles. The molecule has 0 heteroatoms. The summed E-state index contributed by atoms with van der Waals surface area (Å²) in [5.74, 6) is 0.913. The van der Waals surface area contributed by atoms with Crippen molar-refractivity contribution in [2.24, 2.45) is 5.92 Å². The molecule has 0 aliphatic heterocycles. The van der Waals surface area contributed by atoms with Crippen molar-refractivity contribution < 1.29 is 0 Å². The van der Waals surface area contributed by atoms with Gasteiger partial charge in [-0.3, -0.25) is 0 Å². The first-order valence-electron chi connectivity index (χ1n) is 4.03. The Bertz CT molecular complexity index is 111. The second-order valence-electron chi connectivity index (χ2n) is 3.02. The molecule has 1 unspecified atom stereocenters. The standard InChI is InChI=1S/C9H16/c1-3-4-5-9-7-6-8(9)2/h7-8H,3-6H2,1-2H3. The van der Waals surface area contributed by atoms with Crippen LogP contribution < -0.4 is 0 Å². The van der Waals surface area contributed by atoms with Gasteiger partial charge in [-0.2, -0.15) is 0 Å². The van der Waals surface area contributed by atoms with Gasteiger partial charge in [-0.1, -0.05) is 31.9 Å². The molecule has 0 radical (unpaired) electrons. The summed E-state index contributed by atoms with van der Waals surface area (Å²) in [6.45, 7) is 4.58. The van der Waals surface area contributed by atoms with Gasteiger partial charge in [-0.25, -0.2) is 0 Å². The number of hydrogen-bond donors (Lipinski definition) is 0. The first-order valence-corrected chi connectivity index (χ1v) is 4.03. The summed E-state index contributed by atoms with van der Waals surface area (Å²) in [6.07, 6.45) is 7.80. The third-order valence-corrected chi connectivity index (χ3v) is 2.19. The lowest BCUT2D eigenvalue weighted by atomic mass is 9.83. The zero-order chi connectivity index (χ0) is 6.69. The minimum atomic E-state index is 0.913. The Morgan fingerprint density at radius 2 is 2.44 bits per heavy atom. The molecule has 1 aliphatic carbocycles. The Hall–Kier alpha value is -0.260. The van der Waals surface area contributed by atoms with Crippen LogP contribution in [0.3, 0.4) is 0 Å². The van der Waals surface area contributed by atoms with Crippen LogP contribution in [0.4, 0.5) is 0 Å². The Morgan fingerprint density at radius 1 is 1.67 bits per heavy atom. The largest absolute Gasteiger partial charge is 0.0845 e. The molecule has 0 amide bonds. The predicted octanol–water partition coefficient (Wildman–Crippen LogP) is 3.14. The minimum absolute atomic E-state index is 0.913. The summed E-state index contributed by atoms with van der Waals surface area (Å²) >= 11 is 0. The van der Waals surface area contributed by atoms with E-state index in [1.807, 2.05) is 0 Å². The normalized spacial score (nSPS) is 25.1. The SMILES string of the molecule is CCCCC1=CCC1C. The van der Waals surface area contributed by atoms with E-state index >= 15 is 0 Å². The van der Waals surface area contributed by atoms with Gasteiger partial charge in [-0.05, 0) is 25.2 Å². The lowest BCUT2D eigenvalue weighted by Gasteiger charge is -2.22. The lowest BCUT2D eigenvalue weighted by Crippen LogP contribution is -2.07. The van der Waals surface area contributed by atoms with E-state index in [2.05, 4.69) is 19.9 Å². The van der Waals surface area contributed by atoms with Gasteiger partial charge in [0.05, 0.1) is 0 Å². The molecule has 0 aromatic rings. The first-order chi connectivity index (χ1) is 4.34. The monoisotopic (exact) mass is 124 g/mol. The second-order valence-corrected chi connectivity index (χ2v) is 3.02. The van der Waals surface area contributed by atoms with Crippen molar-refractivity contribution in [1.29, 1.82) is 0 Å². The molecule has 0 saturated heterocycles. The van der Waals surface area contributed by atoms with Crippen LogP contribution in [0, 0.1) is 5.92 Å². The van der Waals surface area contributed by atoms with Crippen LogP contribution in [0.5, 0.6) is 0 Å². The van der Waals surface area contributed by atoms with Crippen LogP contribution in [-0.4, -0.2) is 0 Å². The summed E-state index contributed by atoms with van der Waals surface area (Å²) in [4.78, 5) is 0. The van der Waals surface area contributed by atoms with Crippen molar-refractivity contribution in [3.05, 3.63) is 11.6 Å². The highest BCUT2D eigenvalue weighted by molar-refractivity contribution is 5.16. The van der Waals surface area contributed by atoms with Crippen LogP contribution in [0.1, 0.15) is 39.5 Å². The van der Waals surface area contributed by atoms with Crippen LogP contribution in [-0.2, 0) is 0 Å². The summed E-state index contributed by atoms with van der Waals surface area (Å²) in [5.41, 5.74) is 1.71. The summed E-state index contributed by atoms with van der Waals surface area (Å²) < 4.78 is 0. The molecule has 0 bridgehead atoms. The highest BCUT2D eigenvalue weighted by Crippen LogP contribution is 2.29. The third-order valence-electron chi connectivity index (χ3n) is 2.19. The van der Waals surface area contributed by atoms with Crippen LogP contribution in [0.25, 0.3) is 0 Å². The van der Waals surface area contributed by atoms with E-state index in [4.69, 9.17) is 0 Å². The van der Waals surface area contributed by atoms with Crippen LogP contribution in [0.2, 0.25) is 0 Å². The molecule has 0 saturated carbocycles. The molecule has 1 aliphatic rings. The van der Waals surface area contributed by atoms with Crippen LogP contribution in [0.15, 0.2) is 11.6 Å². The van der Waals surface area contributed by atoms with E-state index in [1.165, 1.54) is 25.7 Å². The molecule has 0 heterocycles. The van der Waals surface area contributed by atoms with Gasteiger partial charge in [0.2, 0.25) is 0 Å². The summed E-state index contributed by atoms with van der Waals surface area (Å²) in [7, 11) is 0. The molecule has 0 nitrogen and oxygen atoms in total. The summed E-state index contributed by atoms with van der Waals surface area (Å²) in [6, 6.07) is 0. The number of rotatable bonds is 3. The van der Waals surface area contributed by atoms with Gasteiger partial charge in [0.15, 0.2) is 0 Å². The maximum absolute atomic E-state index is 2.39. The molecule has 0 spiro atoms. The lowest BCUT2D eigenvalue weighted by molar-refractivity contribution is 0.571. The fourth-order valence-electron chi connectivity index (χ4n) is 1.25. The Balaban J connectivity index is 2.14. The second kappa shape index (κ2) is 3.05. The molecule has 52 valence electrons. The van der Waals surface area contributed by atoms with Gasteiger partial charge in [-0.15, -0.1) is 0 Å². The van der Waals surface area contributed by atoms with Crippen molar-refractivity contribution in [2.75, 3.05) is 0 Å². The van der Waals surface area contributed by atoms with Gasteiger partial charge < -0.3 is 0 Å². The van der Waals surface area contributed by atoms with E-state index < -0.39 is 0 Å². The molecule has 0 fully saturated rings. The highest BCUT2D eigenvalue weighted by Gasteiger charge is 2.14.